The largest absolute Gasteiger partial charge is 0.462 e. The molecule has 3 saturated carbocycles. The first-order valence-electron chi connectivity index (χ1n) is 16.0. The predicted octanol–water partition coefficient (Wildman–Crippen LogP) is 7.05. The van der Waals surface area contributed by atoms with Gasteiger partial charge >= 0.3 is 5.97 Å². The molecule has 2 N–H and O–H groups in total. The standard InChI is InChI=1S/C36H41N3O4/c1-4-31(40)43-30-15-14-27-23-13-12-21-20-22(16-18-35(21,2)28(23)17-19-36(27,30)3)38-39-34(42)26-10-7-9-25-32(26)37-29-11-6-5-8-24(29)33(25)41/h5-11,20,23,27-28,30H,4,12-19H2,1-3H3,(H,37,41)(H,39,42)/b38-22+/t23-,27-,28-,30-,35-,36-/m0/s1. The van der Waals surface area contributed by atoms with Gasteiger partial charge < -0.3 is 9.72 Å². The molecule has 0 aliphatic heterocycles. The molecular weight excluding hydrogens is 538 g/mol. The summed E-state index contributed by atoms with van der Waals surface area (Å²) in [4.78, 5) is 41.9. The number of esters is 1. The Morgan fingerprint density at radius 3 is 2.63 bits per heavy atom. The van der Waals surface area contributed by atoms with Crippen LogP contribution < -0.4 is 10.9 Å². The van der Waals surface area contributed by atoms with Crippen LogP contribution in [0, 0.1) is 28.6 Å². The lowest BCUT2D eigenvalue weighted by Gasteiger charge is -2.58. The first-order chi connectivity index (χ1) is 20.7. The molecule has 0 spiro atoms. The maximum absolute atomic E-state index is 13.3. The number of pyridine rings is 1. The van der Waals surface area contributed by atoms with Gasteiger partial charge in [-0.2, -0.15) is 5.10 Å². The van der Waals surface area contributed by atoms with E-state index in [2.05, 4.69) is 35.4 Å². The highest BCUT2D eigenvalue weighted by atomic mass is 16.5. The zero-order valence-electron chi connectivity index (χ0n) is 25.4. The lowest BCUT2D eigenvalue weighted by molar-refractivity contribution is -0.159. The number of amides is 1. The number of aromatic amines is 1. The maximum Gasteiger partial charge on any atom is 0.305 e. The molecule has 4 aliphatic rings. The van der Waals surface area contributed by atoms with E-state index < -0.39 is 0 Å². The van der Waals surface area contributed by atoms with Crippen LogP contribution in [0.5, 0.6) is 0 Å². The number of nitrogens with zero attached hydrogens (tertiary/aromatic N) is 1. The zero-order chi connectivity index (χ0) is 29.9. The van der Waals surface area contributed by atoms with Crippen molar-refractivity contribution in [1.82, 2.24) is 10.4 Å². The van der Waals surface area contributed by atoms with Crippen LogP contribution in [-0.2, 0) is 9.53 Å². The van der Waals surface area contributed by atoms with Crippen LogP contribution in [0.2, 0.25) is 0 Å². The van der Waals surface area contributed by atoms with E-state index in [4.69, 9.17) is 4.74 Å². The molecule has 0 saturated heterocycles. The highest BCUT2D eigenvalue weighted by molar-refractivity contribution is 6.08. The van der Waals surface area contributed by atoms with Gasteiger partial charge in [0.15, 0.2) is 5.43 Å². The summed E-state index contributed by atoms with van der Waals surface area (Å²) in [5.41, 5.74) is 6.95. The van der Waals surface area contributed by atoms with E-state index in [0.717, 1.165) is 50.7 Å². The van der Waals surface area contributed by atoms with Crippen LogP contribution in [-0.4, -0.2) is 28.7 Å². The van der Waals surface area contributed by atoms with Crippen molar-refractivity contribution in [2.45, 2.75) is 84.7 Å². The van der Waals surface area contributed by atoms with Crippen molar-refractivity contribution in [3.8, 4) is 0 Å². The van der Waals surface area contributed by atoms with E-state index in [1.807, 2.05) is 25.1 Å². The number of aromatic nitrogens is 1. The number of para-hydroxylation sites is 2. The van der Waals surface area contributed by atoms with Gasteiger partial charge in [0.25, 0.3) is 5.91 Å². The molecule has 3 aromatic rings. The molecule has 3 fully saturated rings. The average Bonchev–Trinajstić information content (AvgIpc) is 3.35. The Kier molecular flexibility index (Phi) is 6.82. The third kappa shape index (κ3) is 4.46. The van der Waals surface area contributed by atoms with Crippen molar-refractivity contribution < 1.29 is 14.3 Å². The van der Waals surface area contributed by atoms with Crippen LogP contribution in [0.1, 0.15) is 88.9 Å². The van der Waals surface area contributed by atoms with Crippen molar-refractivity contribution in [2.75, 3.05) is 0 Å². The second kappa shape index (κ2) is 10.5. The minimum atomic E-state index is -0.328. The Morgan fingerprint density at radius 2 is 1.79 bits per heavy atom. The molecule has 2 aromatic carbocycles. The number of fused-ring (bicyclic) bond motifs is 7. The lowest BCUT2D eigenvalue weighted by atomic mass is 9.47. The number of hydrazone groups is 1. The molecule has 1 aromatic heterocycles. The summed E-state index contributed by atoms with van der Waals surface area (Å²) < 4.78 is 5.97. The van der Waals surface area contributed by atoms with Crippen molar-refractivity contribution in [3.63, 3.8) is 0 Å². The van der Waals surface area contributed by atoms with Gasteiger partial charge in [0.1, 0.15) is 6.10 Å². The van der Waals surface area contributed by atoms with Gasteiger partial charge in [0, 0.05) is 28.1 Å². The fourth-order valence-corrected chi connectivity index (χ4v) is 9.36. The summed E-state index contributed by atoms with van der Waals surface area (Å²) in [6.45, 7) is 6.71. The van der Waals surface area contributed by atoms with Crippen molar-refractivity contribution >= 4 is 39.4 Å². The molecule has 7 nitrogen and oxygen atoms in total. The second-order valence-corrected chi connectivity index (χ2v) is 13.7. The Balaban J connectivity index is 1.10. The molecule has 0 bridgehead atoms. The molecule has 43 heavy (non-hydrogen) atoms. The molecule has 0 unspecified atom stereocenters. The zero-order valence-corrected chi connectivity index (χ0v) is 25.4. The smallest absolute Gasteiger partial charge is 0.305 e. The summed E-state index contributed by atoms with van der Waals surface area (Å²) in [7, 11) is 0. The van der Waals surface area contributed by atoms with Crippen LogP contribution in [0.15, 0.2) is 64.0 Å². The van der Waals surface area contributed by atoms with E-state index in [1.54, 1.807) is 24.3 Å². The van der Waals surface area contributed by atoms with E-state index >= 15 is 0 Å². The monoisotopic (exact) mass is 579 g/mol. The van der Waals surface area contributed by atoms with Gasteiger partial charge in [-0.25, -0.2) is 5.43 Å². The Labute approximate surface area is 252 Å². The molecule has 7 heteroatoms. The van der Waals surface area contributed by atoms with Gasteiger partial charge in [-0.1, -0.05) is 44.5 Å². The molecular formula is C36H41N3O4. The SMILES string of the molecule is CCC(=O)O[C@H]1CC[C@H]2[C@@H]3CCC4=C/C(=N/NC(=O)c5cccc6c(=O)c7ccccc7[nH]c56)CC[C@]4(C)[C@H]3CC[C@]12C. The van der Waals surface area contributed by atoms with Gasteiger partial charge in [0.05, 0.1) is 16.8 Å². The quantitative estimate of drug-likeness (QED) is 0.196. The fraction of sp³-hybridized carbons (Fsp3) is 0.500. The molecule has 6 atom stereocenters. The van der Waals surface area contributed by atoms with Crippen molar-refractivity contribution in [3.05, 3.63) is 69.9 Å². The number of hydrogen-bond acceptors (Lipinski definition) is 5. The minimum Gasteiger partial charge on any atom is -0.462 e. The number of H-pyrrole nitrogens is 1. The van der Waals surface area contributed by atoms with Crippen LogP contribution in [0.3, 0.4) is 0 Å². The lowest BCUT2D eigenvalue weighted by Crippen LogP contribution is -2.51. The number of ether oxygens (including phenoxy) is 1. The number of carbonyl (C=O) groups excluding carboxylic acids is 2. The normalized spacial score (nSPS) is 32.5. The van der Waals surface area contributed by atoms with Crippen molar-refractivity contribution in [2.24, 2.45) is 33.7 Å². The van der Waals surface area contributed by atoms with E-state index in [9.17, 15) is 14.4 Å². The summed E-state index contributed by atoms with van der Waals surface area (Å²) in [5, 5.41) is 5.69. The number of rotatable bonds is 4. The van der Waals surface area contributed by atoms with E-state index in [-0.39, 0.29) is 34.2 Å². The Morgan fingerprint density at radius 1 is 0.977 bits per heavy atom. The number of nitrogens with one attached hydrogen (secondary N) is 2. The number of hydrogen-bond donors (Lipinski definition) is 2. The van der Waals surface area contributed by atoms with Crippen LogP contribution in [0.4, 0.5) is 0 Å². The number of benzene rings is 2. The summed E-state index contributed by atoms with van der Waals surface area (Å²) in [5.74, 6) is 1.51. The minimum absolute atomic E-state index is 0.0580. The molecule has 0 radical (unpaired) electrons. The Bertz CT molecular complexity index is 1750. The fourth-order valence-electron chi connectivity index (χ4n) is 9.36. The van der Waals surface area contributed by atoms with Crippen LogP contribution in [0.25, 0.3) is 21.8 Å². The topological polar surface area (TPSA) is 101 Å². The molecule has 1 heterocycles. The summed E-state index contributed by atoms with van der Waals surface area (Å²) >= 11 is 0. The first-order valence-corrected chi connectivity index (χ1v) is 16.0. The van der Waals surface area contributed by atoms with Gasteiger partial charge in [-0.05, 0) is 105 Å². The highest BCUT2D eigenvalue weighted by Crippen LogP contribution is 2.65. The van der Waals surface area contributed by atoms with E-state index in [0.29, 0.717) is 51.5 Å². The third-order valence-corrected chi connectivity index (χ3v) is 11.7. The van der Waals surface area contributed by atoms with Gasteiger partial charge in [0.2, 0.25) is 0 Å². The first kappa shape index (κ1) is 28.1. The maximum atomic E-state index is 13.3. The molecule has 4 aliphatic carbocycles. The highest BCUT2D eigenvalue weighted by Gasteiger charge is 2.59. The van der Waals surface area contributed by atoms with E-state index in [1.165, 1.54) is 12.0 Å². The molecule has 224 valence electrons. The molecule has 1 amide bonds. The van der Waals surface area contributed by atoms with Gasteiger partial charge in [-0.15, -0.1) is 0 Å². The van der Waals surface area contributed by atoms with Crippen LogP contribution >= 0.6 is 0 Å². The van der Waals surface area contributed by atoms with Crippen molar-refractivity contribution in [1.29, 1.82) is 0 Å². The second-order valence-electron chi connectivity index (χ2n) is 13.7. The number of carbonyl (C=O) groups is 2. The Hall–Kier alpha value is -3.74. The molecule has 7 rings (SSSR count). The average molecular weight is 580 g/mol. The third-order valence-electron chi connectivity index (χ3n) is 11.7. The number of allylic oxidation sites excluding steroid dienone is 2. The summed E-state index contributed by atoms with van der Waals surface area (Å²) in [6.07, 6.45) is 11.2. The van der Waals surface area contributed by atoms with Gasteiger partial charge in [-0.3, -0.25) is 14.4 Å². The summed E-state index contributed by atoms with van der Waals surface area (Å²) in [6, 6.07) is 12.6. The predicted molar refractivity (Wildman–Crippen MR) is 169 cm³/mol.